The maximum atomic E-state index is 14.4. The second-order valence-electron chi connectivity index (χ2n) is 10.8. The number of fused-ring (bicyclic) bond motifs is 2. The van der Waals surface area contributed by atoms with Gasteiger partial charge in [0.1, 0.15) is 11.6 Å². The van der Waals surface area contributed by atoms with Crippen LogP contribution in [0.1, 0.15) is 46.5 Å². The van der Waals surface area contributed by atoms with Crippen LogP contribution in [0.15, 0.2) is 54.6 Å². The smallest absolute Gasteiger partial charge is 0.249 e. The van der Waals surface area contributed by atoms with Gasteiger partial charge in [0.05, 0.1) is 30.1 Å². The zero-order valence-corrected chi connectivity index (χ0v) is 22.6. The highest BCUT2D eigenvalue weighted by Crippen LogP contribution is 2.59. The molecule has 8 heteroatoms. The molecule has 1 unspecified atom stereocenters. The van der Waals surface area contributed by atoms with Gasteiger partial charge in [-0.25, -0.2) is 0 Å². The molecule has 5 rings (SSSR count). The molecule has 0 aliphatic carbocycles. The van der Waals surface area contributed by atoms with Crippen molar-refractivity contribution < 1.29 is 24.2 Å². The van der Waals surface area contributed by atoms with E-state index in [9.17, 15) is 19.5 Å². The van der Waals surface area contributed by atoms with Gasteiger partial charge in [0.25, 0.3) is 0 Å². The molecule has 4 aliphatic rings. The Hall–Kier alpha value is -2.97. The molecule has 38 heavy (non-hydrogen) atoms. The number of anilines is 1. The van der Waals surface area contributed by atoms with Gasteiger partial charge in [-0.1, -0.05) is 69.7 Å². The van der Waals surface area contributed by atoms with E-state index in [4.69, 9.17) is 4.74 Å². The van der Waals surface area contributed by atoms with E-state index in [1.165, 1.54) is 0 Å². The molecule has 0 aromatic heterocycles. The van der Waals surface area contributed by atoms with Gasteiger partial charge >= 0.3 is 0 Å². The summed E-state index contributed by atoms with van der Waals surface area (Å²) in [6, 6.07) is 7.98. The summed E-state index contributed by atoms with van der Waals surface area (Å²) in [7, 11) is 0. The van der Waals surface area contributed by atoms with Crippen molar-refractivity contribution in [2.75, 3.05) is 31.1 Å². The Morgan fingerprint density at radius 2 is 1.71 bits per heavy atom. The number of carbonyl (C=O) groups excluding carboxylic acids is 3. The van der Waals surface area contributed by atoms with Crippen LogP contribution >= 0.6 is 0 Å². The lowest BCUT2D eigenvalue weighted by atomic mass is 9.73. The number of amides is 3. The molecule has 0 saturated carbocycles. The van der Waals surface area contributed by atoms with Crippen LogP contribution in [0, 0.1) is 11.8 Å². The molecule has 6 atom stereocenters. The molecule has 4 aliphatic heterocycles. The second kappa shape index (κ2) is 10.3. The van der Waals surface area contributed by atoms with Crippen LogP contribution in [0.5, 0.6) is 0 Å². The van der Waals surface area contributed by atoms with Crippen molar-refractivity contribution in [3.63, 3.8) is 0 Å². The maximum absolute atomic E-state index is 14.4. The molecule has 1 spiro atoms. The Bertz CT molecular complexity index is 1130. The predicted octanol–water partition coefficient (Wildman–Crippen LogP) is 2.92. The predicted molar refractivity (Wildman–Crippen MR) is 144 cm³/mol. The van der Waals surface area contributed by atoms with Crippen molar-refractivity contribution in [1.29, 1.82) is 0 Å². The zero-order valence-electron chi connectivity index (χ0n) is 22.6. The van der Waals surface area contributed by atoms with E-state index >= 15 is 0 Å². The van der Waals surface area contributed by atoms with E-state index in [2.05, 4.69) is 6.92 Å². The second-order valence-corrected chi connectivity index (χ2v) is 10.8. The van der Waals surface area contributed by atoms with Crippen molar-refractivity contribution in [3.8, 4) is 0 Å². The fourth-order valence-corrected chi connectivity index (χ4v) is 6.94. The van der Waals surface area contributed by atoms with E-state index in [0.29, 0.717) is 32.5 Å². The molecule has 2 saturated heterocycles. The van der Waals surface area contributed by atoms with Crippen LogP contribution in [0.2, 0.25) is 0 Å². The van der Waals surface area contributed by atoms with Gasteiger partial charge in [-0.3, -0.25) is 14.4 Å². The molecule has 1 aromatic rings. The maximum Gasteiger partial charge on any atom is 0.249 e. The van der Waals surface area contributed by atoms with Crippen molar-refractivity contribution in [2.45, 2.75) is 69.7 Å². The minimum absolute atomic E-state index is 0.176. The lowest BCUT2D eigenvalue weighted by molar-refractivity contribution is -0.155. The van der Waals surface area contributed by atoms with Crippen LogP contribution in [-0.2, 0) is 19.1 Å². The summed E-state index contributed by atoms with van der Waals surface area (Å²) in [6.07, 6.45) is 10.5. The number of hydrogen-bond acceptors (Lipinski definition) is 5. The van der Waals surface area contributed by atoms with E-state index < -0.39 is 35.1 Å². The van der Waals surface area contributed by atoms with Gasteiger partial charge in [-0.2, -0.15) is 0 Å². The first-order valence-electron chi connectivity index (χ1n) is 14.0. The van der Waals surface area contributed by atoms with Gasteiger partial charge in [-0.05, 0) is 31.4 Å². The Morgan fingerprint density at radius 1 is 0.974 bits per heavy atom. The molecule has 4 heterocycles. The van der Waals surface area contributed by atoms with Gasteiger partial charge in [0.2, 0.25) is 17.7 Å². The van der Waals surface area contributed by atoms with E-state index in [1.807, 2.05) is 68.5 Å². The molecule has 1 N–H and O–H groups in total. The quantitative estimate of drug-likeness (QED) is 0.532. The number of unbranched alkanes of at least 4 members (excludes halogenated alkanes) is 1. The molecule has 3 amide bonds. The molecular weight excluding hydrogens is 482 g/mol. The third-order valence-electron chi connectivity index (χ3n) is 8.89. The van der Waals surface area contributed by atoms with E-state index in [1.54, 1.807) is 14.7 Å². The number of hydrogen-bond donors (Lipinski definition) is 1. The van der Waals surface area contributed by atoms with Crippen LogP contribution in [-0.4, -0.2) is 82.2 Å². The Kier molecular flexibility index (Phi) is 7.22. The highest BCUT2D eigenvalue weighted by atomic mass is 16.5. The first-order chi connectivity index (χ1) is 18.4. The normalized spacial score (nSPS) is 33.2. The molecule has 8 nitrogen and oxygen atoms in total. The van der Waals surface area contributed by atoms with Crippen molar-refractivity contribution in [1.82, 2.24) is 9.80 Å². The lowest BCUT2D eigenvalue weighted by Gasteiger charge is -2.40. The minimum Gasteiger partial charge on any atom is -0.394 e. The standard InChI is InChI=1S/C30H39N3O5/c1-4-7-17-31-18-12-16-30-24(27(36)33(21(5-2)20-34)25(30)28(31)37)23-26(35)32(22-13-9-8-10-14-22)19-11-15-29(23,6-3)38-30/h8-16,21,23-25,34H,4-7,17-20H2,1-3H3/t21-,23-,24-,25?,29+,30-/m0/s1. The summed E-state index contributed by atoms with van der Waals surface area (Å²) in [5.74, 6) is -2.32. The largest absolute Gasteiger partial charge is 0.394 e. The van der Waals surface area contributed by atoms with Gasteiger partial charge in [0.15, 0.2) is 0 Å². The molecule has 0 radical (unpaired) electrons. The van der Waals surface area contributed by atoms with Crippen molar-refractivity contribution in [3.05, 3.63) is 54.6 Å². The van der Waals surface area contributed by atoms with Crippen LogP contribution in [0.3, 0.4) is 0 Å². The SMILES string of the molecule is CCCCN1CC=C[C@]23O[C@]4(CC)C=CCN(c5ccccc5)C(=O)[C@@H]4[C@H]2C(=O)N([C@@H](CC)CO)C3C1=O. The zero-order chi connectivity index (χ0) is 27.1. The number of ether oxygens (including phenoxy) is 1. The summed E-state index contributed by atoms with van der Waals surface area (Å²) in [6.45, 7) is 7.06. The number of aliphatic hydroxyl groups is 1. The minimum atomic E-state index is -1.29. The fraction of sp³-hybridized carbons (Fsp3) is 0.567. The molecule has 1 aromatic carbocycles. The Morgan fingerprint density at radius 3 is 2.37 bits per heavy atom. The lowest BCUT2D eigenvalue weighted by Crippen LogP contribution is -2.58. The number of benzene rings is 1. The summed E-state index contributed by atoms with van der Waals surface area (Å²) >= 11 is 0. The molecule has 2 fully saturated rings. The van der Waals surface area contributed by atoms with Crippen molar-refractivity contribution >= 4 is 23.4 Å². The summed E-state index contributed by atoms with van der Waals surface area (Å²) in [4.78, 5) is 48.1. The van der Waals surface area contributed by atoms with E-state index in [-0.39, 0.29) is 24.3 Å². The Labute approximate surface area is 224 Å². The number of likely N-dealkylation sites (tertiary alicyclic amines) is 1. The third-order valence-corrected chi connectivity index (χ3v) is 8.89. The van der Waals surface area contributed by atoms with Gasteiger partial charge in [0, 0.05) is 25.3 Å². The number of aliphatic hydroxyl groups excluding tert-OH is 1. The third kappa shape index (κ3) is 3.83. The molecule has 204 valence electrons. The Balaban J connectivity index is 1.66. The van der Waals surface area contributed by atoms with Gasteiger partial charge in [-0.15, -0.1) is 0 Å². The van der Waals surface area contributed by atoms with Crippen LogP contribution in [0.25, 0.3) is 0 Å². The highest BCUT2D eigenvalue weighted by Gasteiger charge is 2.75. The van der Waals surface area contributed by atoms with E-state index in [0.717, 1.165) is 18.5 Å². The van der Waals surface area contributed by atoms with Gasteiger partial charge < -0.3 is 24.5 Å². The fourth-order valence-electron chi connectivity index (χ4n) is 6.94. The van der Waals surface area contributed by atoms with Crippen molar-refractivity contribution in [2.24, 2.45) is 11.8 Å². The highest BCUT2D eigenvalue weighted by molar-refractivity contribution is 6.04. The topological polar surface area (TPSA) is 90.4 Å². The average Bonchev–Trinajstić information content (AvgIpc) is 3.23. The summed E-state index contributed by atoms with van der Waals surface area (Å²) in [5.41, 5.74) is -1.55. The number of para-hydroxylation sites is 1. The summed E-state index contributed by atoms with van der Waals surface area (Å²) in [5, 5.41) is 10.3. The first-order valence-corrected chi connectivity index (χ1v) is 14.0. The molecule has 0 bridgehead atoms. The number of rotatable bonds is 8. The monoisotopic (exact) mass is 521 g/mol. The average molecular weight is 522 g/mol. The number of nitrogens with zero attached hydrogens (tertiary/aromatic N) is 3. The van der Waals surface area contributed by atoms with Crippen LogP contribution in [0.4, 0.5) is 5.69 Å². The number of carbonyl (C=O) groups is 3. The van der Waals surface area contributed by atoms with Crippen LogP contribution < -0.4 is 4.90 Å². The molecular formula is C30H39N3O5. The summed E-state index contributed by atoms with van der Waals surface area (Å²) < 4.78 is 6.98. The first kappa shape index (κ1) is 26.6.